The monoisotopic (exact) mass is 206 g/mol. The normalized spacial score (nSPS) is 10.5. The van der Waals surface area contributed by atoms with Gasteiger partial charge in [-0.15, -0.1) is 5.10 Å². The van der Waals surface area contributed by atoms with Gasteiger partial charge in [-0.1, -0.05) is 0 Å². The van der Waals surface area contributed by atoms with Crippen LogP contribution in [0.1, 0.15) is 0 Å². The Morgan fingerprint density at radius 1 is 1.33 bits per heavy atom. The molecule has 1 heterocycles. The molecule has 0 aliphatic carbocycles. The molecule has 1 aromatic heterocycles. The van der Waals surface area contributed by atoms with Crippen molar-refractivity contribution in [2.45, 2.75) is 0 Å². The van der Waals surface area contributed by atoms with E-state index in [0.717, 1.165) is 0 Å². The molecule has 0 aliphatic heterocycles. The van der Waals surface area contributed by atoms with Gasteiger partial charge in [-0.2, -0.15) is 4.98 Å². The summed E-state index contributed by atoms with van der Waals surface area (Å²) in [5.41, 5.74) is 5.86. The minimum atomic E-state index is -0.00148. The standard InChI is InChI=1S/C9H10N4O2/c1-13-9(10)11-8(12-13)6-4-5(14)2-3-7(6)15/h2-4,14-15H,1H3,(H2,10,11,12). The van der Waals surface area contributed by atoms with Crippen LogP contribution in [0.15, 0.2) is 18.2 Å². The lowest BCUT2D eigenvalue weighted by Crippen LogP contribution is -1.97. The highest BCUT2D eigenvalue weighted by Crippen LogP contribution is 2.30. The van der Waals surface area contributed by atoms with Gasteiger partial charge in [0.25, 0.3) is 0 Å². The Balaban J connectivity index is 2.58. The third-order valence-corrected chi connectivity index (χ3v) is 2.02. The molecule has 2 rings (SSSR count). The van der Waals surface area contributed by atoms with Crippen molar-refractivity contribution in [3.63, 3.8) is 0 Å². The first-order valence-electron chi connectivity index (χ1n) is 4.27. The maximum absolute atomic E-state index is 9.55. The topological polar surface area (TPSA) is 97.2 Å². The Morgan fingerprint density at radius 2 is 2.07 bits per heavy atom. The third kappa shape index (κ3) is 1.56. The van der Waals surface area contributed by atoms with E-state index in [1.807, 2.05) is 0 Å². The summed E-state index contributed by atoms with van der Waals surface area (Å²) >= 11 is 0. The summed E-state index contributed by atoms with van der Waals surface area (Å²) in [4.78, 5) is 3.94. The predicted molar refractivity (Wildman–Crippen MR) is 54.2 cm³/mol. The first kappa shape index (κ1) is 9.32. The Hall–Kier alpha value is -2.24. The number of benzene rings is 1. The van der Waals surface area contributed by atoms with E-state index >= 15 is 0 Å². The second-order valence-corrected chi connectivity index (χ2v) is 3.12. The average Bonchev–Trinajstić information content (AvgIpc) is 2.51. The van der Waals surface area contributed by atoms with Crippen molar-refractivity contribution in [1.82, 2.24) is 14.8 Å². The van der Waals surface area contributed by atoms with Crippen molar-refractivity contribution in [2.24, 2.45) is 7.05 Å². The van der Waals surface area contributed by atoms with Gasteiger partial charge in [0.05, 0.1) is 5.56 Å². The van der Waals surface area contributed by atoms with Gasteiger partial charge in [-0.25, -0.2) is 4.68 Å². The number of aromatic nitrogens is 3. The number of aromatic hydroxyl groups is 2. The van der Waals surface area contributed by atoms with E-state index < -0.39 is 0 Å². The second kappa shape index (κ2) is 3.16. The number of aryl methyl sites for hydroxylation is 1. The van der Waals surface area contributed by atoms with Gasteiger partial charge in [0, 0.05) is 7.05 Å². The molecule has 0 saturated heterocycles. The van der Waals surface area contributed by atoms with Crippen molar-refractivity contribution >= 4 is 5.95 Å². The highest BCUT2D eigenvalue weighted by atomic mass is 16.3. The number of nitrogens with zero attached hydrogens (tertiary/aromatic N) is 3. The van der Waals surface area contributed by atoms with E-state index in [9.17, 15) is 10.2 Å². The maximum atomic E-state index is 9.55. The molecule has 6 heteroatoms. The molecule has 0 unspecified atom stereocenters. The molecule has 0 amide bonds. The van der Waals surface area contributed by atoms with E-state index in [2.05, 4.69) is 10.1 Å². The van der Waals surface area contributed by atoms with Crippen LogP contribution in [0.4, 0.5) is 5.95 Å². The Kier molecular flexibility index (Phi) is 1.96. The minimum absolute atomic E-state index is 0.00148. The van der Waals surface area contributed by atoms with Crippen LogP contribution in [0.3, 0.4) is 0 Å². The fourth-order valence-electron chi connectivity index (χ4n) is 1.21. The van der Waals surface area contributed by atoms with Crippen molar-refractivity contribution in [3.05, 3.63) is 18.2 Å². The third-order valence-electron chi connectivity index (χ3n) is 2.02. The largest absolute Gasteiger partial charge is 0.508 e. The number of nitrogen functional groups attached to an aromatic ring is 1. The van der Waals surface area contributed by atoms with Crippen LogP contribution in [-0.2, 0) is 7.05 Å². The molecule has 6 nitrogen and oxygen atoms in total. The number of phenols is 2. The molecule has 0 spiro atoms. The summed E-state index contributed by atoms with van der Waals surface area (Å²) in [6.07, 6.45) is 0. The van der Waals surface area contributed by atoms with Crippen LogP contribution >= 0.6 is 0 Å². The van der Waals surface area contributed by atoms with Gasteiger partial charge in [0.2, 0.25) is 5.95 Å². The minimum Gasteiger partial charge on any atom is -0.508 e. The lowest BCUT2D eigenvalue weighted by Gasteiger charge is -1.99. The molecule has 15 heavy (non-hydrogen) atoms. The smallest absolute Gasteiger partial charge is 0.218 e. The number of rotatable bonds is 1. The molecule has 0 saturated carbocycles. The Bertz CT molecular complexity index is 487. The van der Waals surface area contributed by atoms with Crippen molar-refractivity contribution in [2.75, 3.05) is 5.73 Å². The zero-order valence-corrected chi connectivity index (χ0v) is 8.05. The van der Waals surface area contributed by atoms with E-state index in [-0.39, 0.29) is 23.3 Å². The predicted octanol–water partition coefficient (Wildman–Crippen LogP) is 0.476. The summed E-state index contributed by atoms with van der Waals surface area (Å²) < 4.78 is 1.39. The van der Waals surface area contributed by atoms with Crippen LogP contribution in [0.2, 0.25) is 0 Å². The van der Waals surface area contributed by atoms with Crippen LogP contribution in [0.25, 0.3) is 11.4 Å². The van der Waals surface area contributed by atoms with Crippen LogP contribution in [0.5, 0.6) is 11.5 Å². The van der Waals surface area contributed by atoms with Crippen LogP contribution < -0.4 is 5.73 Å². The zero-order valence-electron chi connectivity index (χ0n) is 8.05. The SMILES string of the molecule is Cn1nc(-c2cc(O)ccc2O)nc1N. The molecule has 4 N–H and O–H groups in total. The highest BCUT2D eigenvalue weighted by molar-refractivity contribution is 5.66. The van der Waals surface area contributed by atoms with E-state index in [1.54, 1.807) is 7.05 Å². The first-order chi connectivity index (χ1) is 7.08. The summed E-state index contributed by atoms with van der Waals surface area (Å²) in [6.45, 7) is 0. The fourth-order valence-corrected chi connectivity index (χ4v) is 1.21. The van der Waals surface area contributed by atoms with E-state index in [0.29, 0.717) is 5.56 Å². The number of nitrogens with two attached hydrogens (primary N) is 1. The molecule has 0 aliphatic rings. The zero-order chi connectivity index (χ0) is 11.0. The van der Waals surface area contributed by atoms with Gasteiger partial charge in [-0.3, -0.25) is 0 Å². The summed E-state index contributed by atoms with van der Waals surface area (Å²) in [6, 6.07) is 4.13. The molecule has 0 atom stereocenters. The molecule has 78 valence electrons. The number of hydrogen-bond acceptors (Lipinski definition) is 5. The lowest BCUT2D eigenvalue weighted by molar-refractivity contribution is 0.461. The molecule has 2 aromatic rings. The molecule has 1 aromatic carbocycles. The van der Waals surface area contributed by atoms with E-state index in [4.69, 9.17) is 5.73 Å². The summed E-state index contributed by atoms with van der Waals surface area (Å²) in [7, 11) is 1.64. The van der Waals surface area contributed by atoms with Crippen molar-refractivity contribution < 1.29 is 10.2 Å². The summed E-state index contributed by atoms with van der Waals surface area (Å²) in [5, 5.41) is 22.8. The van der Waals surface area contributed by atoms with Crippen molar-refractivity contribution in [3.8, 4) is 22.9 Å². The maximum Gasteiger partial charge on any atom is 0.218 e. The number of anilines is 1. The molecule has 0 fully saturated rings. The van der Waals surface area contributed by atoms with Crippen molar-refractivity contribution in [1.29, 1.82) is 0 Å². The second-order valence-electron chi connectivity index (χ2n) is 3.12. The number of hydrogen-bond donors (Lipinski definition) is 3. The van der Waals surface area contributed by atoms with E-state index in [1.165, 1.54) is 22.9 Å². The molecule has 0 bridgehead atoms. The summed E-state index contributed by atoms with van der Waals surface area (Å²) in [5.74, 6) is 0.559. The Morgan fingerprint density at radius 3 is 2.67 bits per heavy atom. The highest BCUT2D eigenvalue weighted by Gasteiger charge is 2.11. The Labute approximate surface area is 85.6 Å². The lowest BCUT2D eigenvalue weighted by atomic mass is 10.2. The van der Waals surface area contributed by atoms with Gasteiger partial charge in [-0.05, 0) is 18.2 Å². The van der Waals surface area contributed by atoms with Gasteiger partial charge < -0.3 is 15.9 Å². The first-order valence-corrected chi connectivity index (χ1v) is 4.27. The van der Waals surface area contributed by atoms with Gasteiger partial charge in [0.1, 0.15) is 11.5 Å². The molecular formula is C9H10N4O2. The number of phenolic OH excluding ortho intramolecular Hbond substituents is 2. The van der Waals surface area contributed by atoms with Crippen LogP contribution in [-0.4, -0.2) is 25.0 Å². The average molecular weight is 206 g/mol. The quantitative estimate of drug-likeness (QED) is 0.589. The van der Waals surface area contributed by atoms with Gasteiger partial charge >= 0.3 is 0 Å². The van der Waals surface area contributed by atoms with Gasteiger partial charge in [0.15, 0.2) is 5.82 Å². The molecule has 0 radical (unpaired) electrons. The molecular weight excluding hydrogens is 196 g/mol. The van der Waals surface area contributed by atoms with Crippen LogP contribution in [0, 0.1) is 0 Å². The fraction of sp³-hybridized carbons (Fsp3) is 0.111.